The molecule has 2 aromatic rings. The van der Waals surface area contributed by atoms with Crippen molar-refractivity contribution in [3.8, 4) is 0 Å². The zero-order valence-corrected chi connectivity index (χ0v) is 10.8. The number of aryl methyl sites for hydroxylation is 2. The average molecular weight is 260 g/mol. The molecule has 0 aliphatic heterocycles. The van der Waals surface area contributed by atoms with E-state index in [4.69, 9.17) is 0 Å². The molecule has 0 radical (unpaired) electrons. The van der Waals surface area contributed by atoms with Gasteiger partial charge in [0.25, 0.3) is 0 Å². The second kappa shape index (κ2) is 5.31. The number of carbonyl (C=O) groups is 1. The van der Waals surface area contributed by atoms with Crippen LogP contribution in [0.1, 0.15) is 27.0 Å². The van der Waals surface area contributed by atoms with Crippen molar-refractivity contribution in [3.05, 3.63) is 70.3 Å². The summed E-state index contributed by atoms with van der Waals surface area (Å²) < 4.78 is 27.5. The van der Waals surface area contributed by atoms with Crippen molar-refractivity contribution in [1.29, 1.82) is 0 Å². The molecule has 0 unspecified atom stereocenters. The Morgan fingerprint density at radius 3 is 2.37 bits per heavy atom. The SMILES string of the molecule is Cc1ccccc1CC(=O)c1c(F)ccc(C)c1F. The van der Waals surface area contributed by atoms with Crippen molar-refractivity contribution in [2.45, 2.75) is 20.3 Å². The Hall–Kier alpha value is -2.03. The van der Waals surface area contributed by atoms with Crippen molar-refractivity contribution in [2.75, 3.05) is 0 Å². The fourth-order valence-corrected chi connectivity index (χ4v) is 1.98. The first-order valence-corrected chi connectivity index (χ1v) is 6.03. The van der Waals surface area contributed by atoms with Crippen molar-refractivity contribution < 1.29 is 13.6 Å². The quantitative estimate of drug-likeness (QED) is 0.762. The van der Waals surface area contributed by atoms with Crippen LogP contribution in [0.15, 0.2) is 36.4 Å². The van der Waals surface area contributed by atoms with Crippen molar-refractivity contribution in [1.82, 2.24) is 0 Å². The summed E-state index contributed by atoms with van der Waals surface area (Å²) >= 11 is 0. The van der Waals surface area contributed by atoms with Gasteiger partial charge in [-0.2, -0.15) is 0 Å². The number of hydrogen-bond donors (Lipinski definition) is 0. The van der Waals surface area contributed by atoms with Gasteiger partial charge in [-0.1, -0.05) is 30.3 Å². The van der Waals surface area contributed by atoms with E-state index in [0.29, 0.717) is 0 Å². The lowest BCUT2D eigenvalue weighted by Crippen LogP contribution is -2.11. The van der Waals surface area contributed by atoms with Gasteiger partial charge in [0.05, 0.1) is 5.56 Å². The predicted molar refractivity (Wildman–Crippen MR) is 70.3 cm³/mol. The molecule has 0 spiro atoms. The molecule has 0 N–H and O–H groups in total. The van der Waals surface area contributed by atoms with Crippen molar-refractivity contribution in [3.63, 3.8) is 0 Å². The summed E-state index contributed by atoms with van der Waals surface area (Å²) in [6.45, 7) is 3.38. The van der Waals surface area contributed by atoms with Gasteiger partial charge >= 0.3 is 0 Å². The van der Waals surface area contributed by atoms with E-state index in [1.165, 1.54) is 13.0 Å². The summed E-state index contributed by atoms with van der Waals surface area (Å²) in [5, 5.41) is 0. The number of hydrogen-bond acceptors (Lipinski definition) is 1. The van der Waals surface area contributed by atoms with Crippen LogP contribution in [0.25, 0.3) is 0 Å². The number of carbonyl (C=O) groups excluding carboxylic acids is 1. The molecule has 0 aliphatic rings. The highest BCUT2D eigenvalue weighted by Gasteiger charge is 2.19. The molecule has 1 nitrogen and oxygen atoms in total. The highest BCUT2D eigenvalue weighted by Crippen LogP contribution is 2.19. The summed E-state index contributed by atoms with van der Waals surface area (Å²) in [6, 6.07) is 9.78. The zero-order valence-electron chi connectivity index (χ0n) is 10.8. The number of Topliss-reactive ketones (excluding diaryl/α,β-unsaturated/α-hetero) is 1. The van der Waals surface area contributed by atoms with Crippen LogP contribution in [0.3, 0.4) is 0 Å². The van der Waals surface area contributed by atoms with Crippen LogP contribution in [0, 0.1) is 25.5 Å². The lowest BCUT2D eigenvalue weighted by Gasteiger charge is -2.08. The maximum absolute atomic E-state index is 13.9. The molecule has 0 saturated heterocycles. The zero-order chi connectivity index (χ0) is 14.0. The number of benzene rings is 2. The van der Waals surface area contributed by atoms with Crippen LogP contribution in [0.5, 0.6) is 0 Å². The molecule has 98 valence electrons. The van der Waals surface area contributed by atoms with E-state index in [-0.39, 0.29) is 12.0 Å². The van der Waals surface area contributed by atoms with Crippen molar-refractivity contribution >= 4 is 5.78 Å². The Bertz CT molecular complexity index is 633. The molecule has 0 saturated carbocycles. The molecule has 0 amide bonds. The van der Waals surface area contributed by atoms with Crippen LogP contribution >= 0.6 is 0 Å². The third-order valence-electron chi connectivity index (χ3n) is 3.18. The van der Waals surface area contributed by atoms with Crippen LogP contribution in [-0.2, 0) is 6.42 Å². The Morgan fingerprint density at radius 1 is 1.00 bits per heavy atom. The minimum atomic E-state index is -0.804. The Morgan fingerprint density at radius 2 is 1.68 bits per heavy atom. The van der Waals surface area contributed by atoms with Crippen LogP contribution < -0.4 is 0 Å². The minimum Gasteiger partial charge on any atom is -0.294 e. The van der Waals surface area contributed by atoms with Crippen molar-refractivity contribution in [2.24, 2.45) is 0 Å². The first-order valence-electron chi connectivity index (χ1n) is 6.03. The van der Waals surface area contributed by atoms with E-state index >= 15 is 0 Å². The van der Waals surface area contributed by atoms with Gasteiger partial charge < -0.3 is 0 Å². The summed E-state index contributed by atoms with van der Waals surface area (Å²) in [7, 11) is 0. The molecule has 2 aromatic carbocycles. The molecule has 3 heteroatoms. The Balaban J connectivity index is 2.36. The average Bonchev–Trinajstić information content (AvgIpc) is 2.37. The van der Waals surface area contributed by atoms with Gasteiger partial charge in [-0.15, -0.1) is 0 Å². The lowest BCUT2D eigenvalue weighted by atomic mass is 9.98. The fraction of sp³-hybridized carbons (Fsp3) is 0.188. The van der Waals surface area contributed by atoms with Gasteiger partial charge in [0, 0.05) is 6.42 Å². The Kier molecular flexibility index (Phi) is 3.74. The fourth-order valence-electron chi connectivity index (χ4n) is 1.98. The maximum Gasteiger partial charge on any atom is 0.173 e. The van der Waals surface area contributed by atoms with E-state index < -0.39 is 23.0 Å². The third kappa shape index (κ3) is 2.70. The lowest BCUT2D eigenvalue weighted by molar-refractivity contribution is 0.0984. The summed E-state index contributed by atoms with van der Waals surface area (Å²) in [6.07, 6.45) is 0.00394. The third-order valence-corrected chi connectivity index (χ3v) is 3.18. The molecule has 0 heterocycles. The molecule has 2 rings (SSSR count). The standard InChI is InChI=1S/C16H14F2O/c1-10-5-3-4-6-12(10)9-14(19)15-13(17)8-7-11(2)16(15)18/h3-8H,9H2,1-2H3. The number of ketones is 1. The second-order valence-corrected chi connectivity index (χ2v) is 4.58. The van der Waals surface area contributed by atoms with E-state index in [2.05, 4.69) is 0 Å². The normalized spacial score (nSPS) is 10.5. The summed E-state index contributed by atoms with van der Waals surface area (Å²) in [5.74, 6) is -2.10. The molecule has 0 aromatic heterocycles. The van der Waals surface area contributed by atoms with Crippen LogP contribution in [0.2, 0.25) is 0 Å². The smallest absolute Gasteiger partial charge is 0.173 e. The minimum absolute atomic E-state index is 0.00394. The van der Waals surface area contributed by atoms with E-state index in [1.54, 1.807) is 12.1 Å². The summed E-state index contributed by atoms with van der Waals surface area (Å²) in [5.41, 5.74) is 1.55. The van der Waals surface area contributed by atoms with Gasteiger partial charge in [0.15, 0.2) is 5.78 Å². The van der Waals surface area contributed by atoms with Gasteiger partial charge in [-0.25, -0.2) is 8.78 Å². The van der Waals surface area contributed by atoms with Gasteiger partial charge in [0.1, 0.15) is 11.6 Å². The first kappa shape index (κ1) is 13.4. The molecule has 0 bridgehead atoms. The Labute approximate surface area is 110 Å². The second-order valence-electron chi connectivity index (χ2n) is 4.58. The highest BCUT2D eigenvalue weighted by molar-refractivity contribution is 5.98. The van der Waals surface area contributed by atoms with Gasteiger partial charge in [0.2, 0.25) is 0 Å². The number of halogens is 2. The van der Waals surface area contributed by atoms with E-state index in [1.807, 2.05) is 19.1 Å². The monoisotopic (exact) mass is 260 g/mol. The summed E-state index contributed by atoms with van der Waals surface area (Å²) in [4.78, 5) is 12.1. The van der Waals surface area contributed by atoms with E-state index in [9.17, 15) is 13.6 Å². The van der Waals surface area contributed by atoms with Crippen LogP contribution in [-0.4, -0.2) is 5.78 Å². The molecular formula is C16H14F2O. The largest absolute Gasteiger partial charge is 0.294 e. The van der Waals surface area contributed by atoms with Gasteiger partial charge in [-0.3, -0.25) is 4.79 Å². The molecular weight excluding hydrogens is 246 g/mol. The topological polar surface area (TPSA) is 17.1 Å². The highest BCUT2D eigenvalue weighted by atomic mass is 19.1. The molecule has 0 atom stereocenters. The molecule has 0 aliphatic carbocycles. The van der Waals surface area contributed by atoms with Crippen LogP contribution in [0.4, 0.5) is 8.78 Å². The first-order chi connectivity index (χ1) is 9.00. The number of rotatable bonds is 3. The predicted octanol–water partition coefficient (Wildman–Crippen LogP) is 4.01. The maximum atomic E-state index is 13.9. The molecule has 19 heavy (non-hydrogen) atoms. The van der Waals surface area contributed by atoms with E-state index in [0.717, 1.165) is 17.2 Å². The van der Waals surface area contributed by atoms with Gasteiger partial charge in [-0.05, 0) is 36.6 Å². The molecule has 0 fully saturated rings.